The molecule has 2 aromatic carbocycles. The molecule has 4 nitrogen and oxygen atoms in total. The van der Waals surface area contributed by atoms with Crippen LogP contribution in [0.2, 0.25) is 10.0 Å². The van der Waals surface area contributed by atoms with E-state index in [9.17, 15) is 0 Å². The molecule has 9 heteroatoms. The molecule has 2 aliphatic rings. The number of halogens is 2. The number of nitrogens with zero attached hydrogens (tertiary/aromatic N) is 2. The maximum absolute atomic E-state index is 6.01. The van der Waals surface area contributed by atoms with E-state index < -0.39 is 0 Å². The standard InChI is InChI=1S/C15H10Cl2N4S3/c16-9-1-5-11(6-2-9)18-13-20-24-14(19-15(22)23-24)21(13)12-7-3-10(17)4-8-12/h1-8H,(H,18,20)(H,19,22). The lowest BCUT2D eigenvalue weighted by Crippen LogP contribution is -2.44. The molecule has 2 aliphatic heterocycles. The summed E-state index contributed by atoms with van der Waals surface area (Å²) in [5.41, 5.74) is 1.87. The van der Waals surface area contributed by atoms with Crippen molar-refractivity contribution in [2.75, 3.05) is 10.2 Å². The third-order valence-corrected chi connectivity index (χ3v) is 7.51. The van der Waals surface area contributed by atoms with Gasteiger partial charge in [0.15, 0.2) is 9.43 Å². The summed E-state index contributed by atoms with van der Waals surface area (Å²) in [6, 6.07) is 15.1. The Labute approximate surface area is 160 Å². The van der Waals surface area contributed by atoms with E-state index >= 15 is 0 Å². The van der Waals surface area contributed by atoms with Gasteiger partial charge in [-0.05, 0) is 59.3 Å². The minimum Gasteiger partial charge on any atom is -0.325 e. The second-order valence-corrected chi connectivity index (χ2v) is 9.54. The van der Waals surface area contributed by atoms with E-state index in [-0.39, 0.29) is 9.70 Å². The molecule has 1 unspecified atom stereocenters. The van der Waals surface area contributed by atoms with Crippen molar-refractivity contribution >= 4 is 82.7 Å². The molecule has 0 aliphatic carbocycles. The van der Waals surface area contributed by atoms with Gasteiger partial charge >= 0.3 is 0 Å². The van der Waals surface area contributed by atoms with Gasteiger partial charge in [-0.3, -0.25) is 4.90 Å². The van der Waals surface area contributed by atoms with Crippen LogP contribution in [0.1, 0.15) is 0 Å². The van der Waals surface area contributed by atoms with Gasteiger partial charge in [0.25, 0.3) is 0 Å². The van der Waals surface area contributed by atoms with E-state index in [4.69, 9.17) is 39.8 Å². The highest BCUT2D eigenvalue weighted by molar-refractivity contribution is 8.90. The van der Waals surface area contributed by atoms with Crippen molar-refractivity contribution in [3.8, 4) is 0 Å². The highest BCUT2D eigenvalue weighted by Gasteiger charge is 2.34. The van der Waals surface area contributed by atoms with Gasteiger partial charge in [0.05, 0.1) is 5.69 Å². The molecule has 0 fully saturated rings. The minimum atomic E-state index is -0.369. The number of benzene rings is 2. The van der Waals surface area contributed by atoms with Gasteiger partial charge in [0.2, 0.25) is 5.96 Å². The molecule has 4 rings (SSSR count). The fraction of sp³-hybridized carbons (Fsp3) is 0. The van der Waals surface area contributed by atoms with Crippen LogP contribution in [-0.4, -0.2) is 15.4 Å². The van der Waals surface area contributed by atoms with Crippen LogP contribution in [0.3, 0.4) is 0 Å². The lowest BCUT2D eigenvalue weighted by molar-refractivity contribution is 1.33. The molecule has 2 heterocycles. The third-order valence-electron chi connectivity index (χ3n) is 3.30. The van der Waals surface area contributed by atoms with E-state index in [0.717, 1.165) is 26.8 Å². The van der Waals surface area contributed by atoms with E-state index in [1.165, 1.54) is 0 Å². The van der Waals surface area contributed by atoms with Gasteiger partial charge in [-0.2, -0.15) is 4.40 Å². The van der Waals surface area contributed by atoms with E-state index in [0.29, 0.717) is 10.0 Å². The lowest BCUT2D eigenvalue weighted by atomic mass is 10.3. The Kier molecular flexibility index (Phi) is 4.44. The quantitative estimate of drug-likeness (QED) is 0.530. The van der Waals surface area contributed by atoms with Crippen molar-refractivity contribution in [3.63, 3.8) is 0 Å². The molecular weight excluding hydrogens is 403 g/mol. The number of nitrogens with one attached hydrogen (secondary N) is 2. The number of hydrogen-bond donors (Lipinski definition) is 2. The third kappa shape index (κ3) is 3.14. The van der Waals surface area contributed by atoms with Crippen LogP contribution in [0.15, 0.2) is 52.9 Å². The maximum atomic E-state index is 6.01. The molecule has 2 N–H and O–H groups in total. The molecular formula is C15H10Cl2N4S3. The highest BCUT2D eigenvalue weighted by atomic mass is 35.5. The van der Waals surface area contributed by atoms with Crippen molar-refractivity contribution in [3.05, 3.63) is 58.6 Å². The van der Waals surface area contributed by atoms with Gasteiger partial charge in [0.1, 0.15) is 0 Å². The summed E-state index contributed by atoms with van der Waals surface area (Å²) in [4.78, 5) is 2.03. The Balaban J connectivity index is 1.69. The van der Waals surface area contributed by atoms with Gasteiger partial charge in [-0.1, -0.05) is 35.4 Å². The van der Waals surface area contributed by atoms with Crippen molar-refractivity contribution in [2.45, 2.75) is 0 Å². The fourth-order valence-corrected chi connectivity index (χ4v) is 6.07. The van der Waals surface area contributed by atoms with Gasteiger partial charge in [0, 0.05) is 25.4 Å². The van der Waals surface area contributed by atoms with E-state index in [1.807, 2.05) is 53.4 Å². The zero-order chi connectivity index (χ0) is 16.7. The van der Waals surface area contributed by atoms with E-state index in [1.54, 1.807) is 10.8 Å². The average molecular weight is 413 g/mol. The second kappa shape index (κ2) is 6.57. The molecule has 24 heavy (non-hydrogen) atoms. The van der Waals surface area contributed by atoms with Crippen LogP contribution >= 0.6 is 55.9 Å². The largest absolute Gasteiger partial charge is 0.325 e. The van der Waals surface area contributed by atoms with Gasteiger partial charge in [-0.15, -0.1) is 0 Å². The fourth-order valence-electron chi connectivity index (χ4n) is 2.25. The Morgan fingerprint density at radius 1 is 1.04 bits per heavy atom. The summed E-state index contributed by atoms with van der Waals surface area (Å²) < 4.78 is 5.51. The summed E-state index contributed by atoms with van der Waals surface area (Å²) in [5, 5.41) is 8.94. The Morgan fingerprint density at radius 2 is 1.67 bits per heavy atom. The van der Waals surface area contributed by atoms with Crippen molar-refractivity contribution < 1.29 is 0 Å². The van der Waals surface area contributed by atoms with Crippen LogP contribution in [0.25, 0.3) is 0 Å². The molecule has 0 aromatic heterocycles. The summed E-state index contributed by atoms with van der Waals surface area (Å²) >= 11 is 17.2. The maximum Gasteiger partial charge on any atom is 0.221 e. The molecule has 2 aromatic rings. The SMILES string of the molecule is S=C1NC2=S(N=C(Nc3ccc(Cl)cc3)N2c2ccc(Cl)cc2)S1. The highest BCUT2D eigenvalue weighted by Crippen LogP contribution is 2.44. The van der Waals surface area contributed by atoms with Gasteiger partial charge < -0.3 is 10.6 Å². The van der Waals surface area contributed by atoms with E-state index in [2.05, 4.69) is 10.6 Å². The second-order valence-electron chi connectivity index (χ2n) is 4.91. The molecule has 0 spiro atoms. The van der Waals surface area contributed by atoms with Crippen LogP contribution in [-0.2, 0) is 0 Å². The molecule has 0 amide bonds. The molecule has 1 atom stereocenters. The van der Waals surface area contributed by atoms with Crippen molar-refractivity contribution in [1.29, 1.82) is 0 Å². The summed E-state index contributed by atoms with van der Waals surface area (Å²) in [6.07, 6.45) is 0. The number of guanidine groups is 1. The smallest absolute Gasteiger partial charge is 0.221 e. The monoisotopic (exact) mass is 412 g/mol. The Morgan fingerprint density at radius 3 is 2.33 bits per heavy atom. The summed E-state index contributed by atoms with van der Waals surface area (Å²) in [5.74, 6) is 0.737. The molecule has 0 radical (unpaired) electrons. The van der Waals surface area contributed by atoms with Crippen LogP contribution in [0.4, 0.5) is 11.4 Å². The normalized spacial score (nSPS) is 19.2. The zero-order valence-corrected chi connectivity index (χ0v) is 16.0. The predicted octanol–water partition coefficient (Wildman–Crippen LogP) is 5.09. The predicted molar refractivity (Wildman–Crippen MR) is 112 cm³/mol. The van der Waals surface area contributed by atoms with Crippen molar-refractivity contribution in [1.82, 2.24) is 5.32 Å². The molecule has 0 saturated carbocycles. The molecule has 0 bridgehead atoms. The summed E-state index contributed by atoms with van der Waals surface area (Å²) in [6.45, 7) is 0. The van der Waals surface area contributed by atoms with Crippen molar-refractivity contribution in [2.24, 2.45) is 4.40 Å². The number of rotatable bonds is 2. The first-order chi connectivity index (χ1) is 11.6. The first-order valence-electron chi connectivity index (χ1n) is 6.88. The topological polar surface area (TPSA) is 39.7 Å². The van der Waals surface area contributed by atoms with Crippen LogP contribution < -0.4 is 15.5 Å². The number of anilines is 2. The zero-order valence-electron chi connectivity index (χ0n) is 12.0. The Bertz CT molecular complexity index is 879. The van der Waals surface area contributed by atoms with Gasteiger partial charge in [-0.25, -0.2) is 0 Å². The number of thiocarbonyl (C=S) groups is 1. The lowest BCUT2D eigenvalue weighted by Gasteiger charge is -2.23. The minimum absolute atomic E-state index is 0.369. The molecule has 122 valence electrons. The Hall–Kier alpha value is -1.25. The van der Waals surface area contributed by atoms with Crippen LogP contribution in [0.5, 0.6) is 0 Å². The first kappa shape index (κ1) is 16.2. The average Bonchev–Trinajstić information content (AvgIpc) is 3.06. The molecule has 0 saturated heterocycles. The summed E-state index contributed by atoms with van der Waals surface area (Å²) in [7, 11) is 1.18. The van der Waals surface area contributed by atoms with Crippen LogP contribution in [0, 0.1) is 0 Å². The first-order valence-corrected chi connectivity index (χ1v) is 10.6. The number of hydrogen-bond acceptors (Lipinski definition) is 5.